The molecule has 5 rings (SSSR count). The maximum absolute atomic E-state index is 13.2. The number of pyridine rings is 1. The number of nitrogens with one attached hydrogen (secondary N) is 1. The highest BCUT2D eigenvalue weighted by molar-refractivity contribution is 5.79. The molecule has 0 radical (unpaired) electrons. The minimum Gasteiger partial charge on any atom is -0.379 e. The number of hydrogen-bond donors (Lipinski definition) is 1. The largest absolute Gasteiger partial charge is 0.379 e. The van der Waals surface area contributed by atoms with Crippen molar-refractivity contribution < 1.29 is 4.74 Å². The monoisotopic (exact) mass is 394 g/mol. The van der Waals surface area contributed by atoms with Crippen LogP contribution in [0.3, 0.4) is 0 Å². The summed E-state index contributed by atoms with van der Waals surface area (Å²) in [6.45, 7) is 4.80. The second kappa shape index (κ2) is 7.68. The molecule has 3 aromatic rings. The quantitative estimate of drug-likeness (QED) is 0.731. The molecule has 0 amide bonds. The predicted octanol–water partition coefficient (Wildman–Crippen LogP) is 2.36. The molecule has 3 heterocycles. The third kappa shape index (κ3) is 3.47. The Morgan fingerprint density at radius 2 is 1.97 bits per heavy atom. The van der Waals surface area contributed by atoms with Gasteiger partial charge in [-0.1, -0.05) is 25.0 Å². The Morgan fingerprint density at radius 3 is 2.76 bits per heavy atom. The number of ether oxygens (including phenoxy) is 1. The zero-order valence-electron chi connectivity index (χ0n) is 16.7. The molecule has 1 saturated heterocycles. The molecule has 1 atom stereocenters. The second-order valence-electron chi connectivity index (χ2n) is 8.12. The van der Waals surface area contributed by atoms with Crippen LogP contribution in [-0.4, -0.2) is 56.4 Å². The van der Waals surface area contributed by atoms with Gasteiger partial charge in [0.05, 0.1) is 19.3 Å². The van der Waals surface area contributed by atoms with Gasteiger partial charge in [0.1, 0.15) is 6.04 Å². The Morgan fingerprint density at radius 1 is 1.17 bits per heavy atom. The molecule has 1 aliphatic heterocycles. The van der Waals surface area contributed by atoms with Gasteiger partial charge in [-0.05, 0) is 53.3 Å². The van der Waals surface area contributed by atoms with E-state index in [4.69, 9.17) is 4.74 Å². The summed E-state index contributed by atoms with van der Waals surface area (Å²) in [5, 5.41) is 13.8. The lowest BCUT2D eigenvalue weighted by Crippen LogP contribution is -2.42. The number of aromatic amines is 1. The van der Waals surface area contributed by atoms with Crippen molar-refractivity contribution in [2.24, 2.45) is 0 Å². The van der Waals surface area contributed by atoms with Gasteiger partial charge in [-0.2, -0.15) is 0 Å². The van der Waals surface area contributed by atoms with Crippen LogP contribution >= 0.6 is 0 Å². The third-order valence-electron chi connectivity index (χ3n) is 6.17. The first-order valence-electron chi connectivity index (χ1n) is 10.4. The van der Waals surface area contributed by atoms with E-state index in [2.05, 4.69) is 37.5 Å². The molecule has 2 aromatic heterocycles. The predicted molar refractivity (Wildman–Crippen MR) is 109 cm³/mol. The average molecular weight is 394 g/mol. The normalized spacial score (nSPS) is 19.8. The molecular formula is C21H26N6O2. The fourth-order valence-corrected chi connectivity index (χ4v) is 4.66. The summed E-state index contributed by atoms with van der Waals surface area (Å²) in [4.78, 5) is 18.5. The molecule has 8 heteroatoms. The summed E-state index contributed by atoms with van der Waals surface area (Å²) >= 11 is 0. The molecule has 8 nitrogen and oxygen atoms in total. The first kappa shape index (κ1) is 18.4. The summed E-state index contributed by atoms with van der Waals surface area (Å²) < 4.78 is 7.52. The van der Waals surface area contributed by atoms with E-state index in [9.17, 15) is 4.79 Å². The van der Waals surface area contributed by atoms with Crippen LogP contribution in [0.1, 0.15) is 54.7 Å². The number of hydrogen-bond acceptors (Lipinski definition) is 6. The van der Waals surface area contributed by atoms with E-state index in [0.29, 0.717) is 24.8 Å². The van der Waals surface area contributed by atoms with Crippen LogP contribution in [0.4, 0.5) is 0 Å². The summed E-state index contributed by atoms with van der Waals surface area (Å²) in [6.07, 6.45) is 4.56. The van der Waals surface area contributed by atoms with Crippen molar-refractivity contribution >= 4 is 10.9 Å². The van der Waals surface area contributed by atoms with Gasteiger partial charge in [0, 0.05) is 24.2 Å². The number of aromatic nitrogens is 5. The van der Waals surface area contributed by atoms with Crippen molar-refractivity contribution in [3.05, 3.63) is 51.6 Å². The zero-order chi connectivity index (χ0) is 19.8. The minimum atomic E-state index is -0.288. The van der Waals surface area contributed by atoms with Gasteiger partial charge in [0.2, 0.25) is 0 Å². The number of benzene rings is 1. The lowest BCUT2D eigenvalue weighted by atomic mass is 10.0. The number of rotatable bonds is 4. The molecule has 152 valence electrons. The lowest BCUT2D eigenvalue weighted by molar-refractivity contribution is 0.0211. The summed E-state index contributed by atoms with van der Waals surface area (Å²) in [7, 11) is 0. The van der Waals surface area contributed by atoms with E-state index in [0.717, 1.165) is 48.2 Å². The summed E-state index contributed by atoms with van der Waals surface area (Å²) in [5.74, 6) is 0.760. The van der Waals surface area contributed by atoms with Crippen molar-refractivity contribution in [3.63, 3.8) is 0 Å². The molecule has 2 fully saturated rings. The van der Waals surface area contributed by atoms with Crippen molar-refractivity contribution in [2.45, 2.75) is 44.7 Å². The number of aryl methyl sites for hydroxylation is 1. The van der Waals surface area contributed by atoms with Gasteiger partial charge in [0.25, 0.3) is 5.56 Å². The maximum atomic E-state index is 13.2. The van der Waals surface area contributed by atoms with Gasteiger partial charge in [-0.3, -0.25) is 9.69 Å². The Bertz CT molecular complexity index is 1060. The van der Waals surface area contributed by atoms with E-state index in [-0.39, 0.29) is 11.6 Å². The molecule has 0 unspecified atom stereocenters. The molecule has 29 heavy (non-hydrogen) atoms. The highest BCUT2D eigenvalue weighted by Gasteiger charge is 2.33. The van der Waals surface area contributed by atoms with Crippen LogP contribution in [0.15, 0.2) is 29.1 Å². The molecule has 2 aliphatic rings. The fourth-order valence-electron chi connectivity index (χ4n) is 4.66. The number of fused-ring (bicyclic) bond motifs is 1. The van der Waals surface area contributed by atoms with Crippen LogP contribution in [0.25, 0.3) is 10.9 Å². The SMILES string of the molecule is Cc1ccc2cc([C@@H](c3nnnn3C3CCCC3)N3CCOCC3)c(=O)[nH]c2c1. The Hall–Kier alpha value is -2.58. The van der Waals surface area contributed by atoms with E-state index in [1.165, 1.54) is 12.8 Å². The second-order valence-corrected chi connectivity index (χ2v) is 8.12. The van der Waals surface area contributed by atoms with Gasteiger partial charge in [-0.25, -0.2) is 4.68 Å². The minimum absolute atomic E-state index is 0.0828. The Balaban J connectivity index is 1.65. The molecule has 1 aliphatic carbocycles. The molecule has 1 saturated carbocycles. The smallest absolute Gasteiger partial charge is 0.253 e. The van der Waals surface area contributed by atoms with Gasteiger partial charge < -0.3 is 9.72 Å². The van der Waals surface area contributed by atoms with Gasteiger partial charge >= 0.3 is 0 Å². The number of morpholine rings is 1. The fraction of sp³-hybridized carbons (Fsp3) is 0.524. The van der Waals surface area contributed by atoms with Crippen LogP contribution in [0.5, 0.6) is 0 Å². The van der Waals surface area contributed by atoms with Crippen molar-refractivity contribution in [2.75, 3.05) is 26.3 Å². The molecule has 0 bridgehead atoms. The lowest BCUT2D eigenvalue weighted by Gasteiger charge is -2.34. The van der Waals surface area contributed by atoms with Gasteiger partial charge in [0.15, 0.2) is 5.82 Å². The number of nitrogens with zero attached hydrogens (tertiary/aromatic N) is 5. The van der Waals surface area contributed by atoms with Crippen molar-refractivity contribution in [1.82, 2.24) is 30.1 Å². The highest BCUT2D eigenvalue weighted by atomic mass is 16.5. The molecule has 0 spiro atoms. The first-order valence-corrected chi connectivity index (χ1v) is 10.4. The Kier molecular flexibility index (Phi) is 4.89. The van der Waals surface area contributed by atoms with E-state index in [1.54, 1.807) is 0 Å². The van der Waals surface area contributed by atoms with Crippen LogP contribution in [0, 0.1) is 6.92 Å². The van der Waals surface area contributed by atoms with Gasteiger partial charge in [-0.15, -0.1) is 5.10 Å². The number of H-pyrrole nitrogens is 1. The topological polar surface area (TPSA) is 88.9 Å². The van der Waals surface area contributed by atoms with Crippen LogP contribution < -0.4 is 5.56 Å². The van der Waals surface area contributed by atoms with E-state index in [1.807, 2.05) is 23.7 Å². The summed E-state index contributed by atoms with van der Waals surface area (Å²) in [5.41, 5.74) is 2.59. The standard InChI is InChI=1S/C21H26N6O2/c1-14-6-7-15-13-17(21(28)22-18(15)12-14)19(26-8-10-29-11-9-26)20-23-24-25-27(20)16-4-2-3-5-16/h6-7,12-13,16,19H,2-5,8-11H2,1H3,(H,22,28)/t19-/m0/s1. The molecule has 1 aromatic carbocycles. The third-order valence-corrected chi connectivity index (χ3v) is 6.17. The highest BCUT2D eigenvalue weighted by Crippen LogP contribution is 2.34. The molecular weight excluding hydrogens is 368 g/mol. The zero-order valence-corrected chi connectivity index (χ0v) is 16.7. The average Bonchev–Trinajstić information content (AvgIpc) is 3.41. The van der Waals surface area contributed by atoms with Crippen molar-refractivity contribution in [1.29, 1.82) is 0 Å². The summed E-state index contributed by atoms with van der Waals surface area (Å²) in [6, 6.07) is 8.15. The molecule has 1 N–H and O–H groups in total. The first-order chi connectivity index (χ1) is 14.2. The number of tetrazole rings is 1. The van der Waals surface area contributed by atoms with Crippen LogP contribution in [0.2, 0.25) is 0 Å². The maximum Gasteiger partial charge on any atom is 0.253 e. The van der Waals surface area contributed by atoms with E-state index >= 15 is 0 Å². The Labute approximate surface area is 168 Å². The van der Waals surface area contributed by atoms with E-state index < -0.39 is 0 Å². The van der Waals surface area contributed by atoms with Crippen molar-refractivity contribution in [3.8, 4) is 0 Å². The van der Waals surface area contributed by atoms with Crippen LogP contribution in [-0.2, 0) is 4.74 Å².